The number of hydrogen-bond donors (Lipinski definition) is 0. The fourth-order valence-corrected chi connectivity index (χ4v) is 4.72. The topological polar surface area (TPSA) is 55.8 Å². The monoisotopic (exact) mass is 529 g/mol. The van der Waals surface area contributed by atoms with Crippen LogP contribution in [-0.2, 0) is 11.4 Å². The summed E-state index contributed by atoms with van der Waals surface area (Å²) in [4.78, 5) is 26.1. The molecule has 0 spiro atoms. The minimum Gasteiger partial charge on any atom is -0.493 e. The van der Waals surface area contributed by atoms with Gasteiger partial charge in [0, 0.05) is 22.2 Å². The molecule has 158 valence electrons. The first kappa shape index (κ1) is 23.0. The van der Waals surface area contributed by atoms with Crippen LogP contribution in [0.4, 0.5) is 4.79 Å². The third kappa shape index (κ3) is 5.14. The Labute approximate surface area is 197 Å². The molecule has 0 aromatic heterocycles. The number of halogens is 3. The van der Waals surface area contributed by atoms with Crippen molar-refractivity contribution < 1.29 is 19.1 Å². The molecule has 1 fully saturated rings. The Morgan fingerprint density at radius 1 is 1.20 bits per heavy atom. The van der Waals surface area contributed by atoms with E-state index in [0.29, 0.717) is 49.5 Å². The first-order valence-corrected chi connectivity index (χ1v) is 11.4. The van der Waals surface area contributed by atoms with Crippen molar-refractivity contribution in [1.29, 1.82) is 0 Å². The van der Waals surface area contributed by atoms with E-state index in [1.165, 1.54) is 12.0 Å². The van der Waals surface area contributed by atoms with Crippen LogP contribution in [0.2, 0.25) is 10.0 Å². The van der Waals surface area contributed by atoms with E-state index >= 15 is 0 Å². The predicted molar refractivity (Wildman–Crippen MR) is 124 cm³/mol. The summed E-state index contributed by atoms with van der Waals surface area (Å²) >= 11 is 16.6. The molecule has 0 unspecified atom stereocenters. The van der Waals surface area contributed by atoms with Crippen molar-refractivity contribution in [2.24, 2.45) is 0 Å². The molecule has 1 heterocycles. The van der Waals surface area contributed by atoms with Gasteiger partial charge in [-0.1, -0.05) is 36.2 Å². The van der Waals surface area contributed by atoms with E-state index in [9.17, 15) is 9.59 Å². The second-order valence-corrected chi connectivity index (χ2v) is 9.08. The summed E-state index contributed by atoms with van der Waals surface area (Å²) in [5.74, 6) is 0.702. The van der Waals surface area contributed by atoms with Gasteiger partial charge in [-0.2, -0.15) is 0 Å². The number of thioether (sulfide) groups is 1. The fraction of sp³-hybridized carbons (Fsp3) is 0.238. The van der Waals surface area contributed by atoms with Crippen molar-refractivity contribution >= 4 is 68.1 Å². The normalized spacial score (nSPS) is 15.2. The van der Waals surface area contributed by atoms with Crippen LogP contribution in [0.3, 0.4) is 0 Å². The number of carbonyl (C=O) groups is 2. The van der Waals surface area contributed by atoms with Crippen molar-refractivity contribution in [3.63, 3.8) is 0 Å². The third-order valence-corrected chi connectivity index (χ3v) is 6.34. The first-order chi connectivity index (χ1) is 14.3. The van der Waals surface area contributed by atoms with Crippen LogP contribution in [-0.4, -0.2) is 29.7 Å². The highest BCUT2D eigenvalue weighted by atomic mass is 79.9. The van der Waals surface area contributed by atoms with Gasteiger partial charge in [0.25, 0.3) is 11.1 Å². The van der Waals surface area contributed by atoms with Crippen LogP contribution in [0.1, 0.15) is 24.5 Å². The number of methoxy groups -OCH3 is 1. The van der Waals surface area contributed by atoms with Crippen LogP contribution in [0.25, 0.3) is 6.08 Å². The Balaban J connectivity index is 1.84. The maximum atomic E-state index is 12.5. The molecule has 1 aliphatic rings. The molecule has 0 radical (unpaired) electrons. The smallest absolute Gasteiger partial charge is 0.293 e. The van der Waals surface area contributed by atoms with E-state index in [2.05, 4.69) is 15.9 Å². The summed E-state index contributed by atoms with van der Waals surface area (Å²) < 4.78 is 12.0. The van der Waals surface area contributed by atoms with E-state index in [1.807, 2.05) is 6.92 Å². The van der Waals surface area contributed by atoms with Gasteiger partial charge >= 0.3 is 0 Å². The largest absolute Gasteiger partial charge is 0.493 e. The van der Waals surface area contributed by atoms with Crippen molar-refractivity contribution in [2.45, 2.75) is 20.0 Å². The maximum Gasteiger partial charge on any atom is 0.293 e. The second kappa shape index (κ2) is 10.1. The molecule has 2 aromatic rings. The van der Waals surface area contributed by atoms with Crippen molar-refractivity contribution in [2.75, 3.05) is 13.7 Å². The zero-order chi connectivity index (χ0) is 21.8. The summed E-state index contributed by atoms with van der Waals surface area (Å²) in [5, 5.41) is 0.811. The van der Waals surface area contributed by atoms with Crippen LogP contribution < -0.4 is 9.47 Å². The maximum absolute atomic E-state index is 12.5. The van der Waals surface area contributed by atoms with Gasteiger partial charge in [-0.05, 0) is 70.0 Å². The molecule has 0 atom stereocenters. The summed E-state index contributed by atoms with van der Waals surface area (Å²) in [6, 6.07) is 8.74. The standard InChI is InChI=1S/C21H18BrCl2NO4S/c1-3-6-25-20(26)18(30-21(25)27)9-12-7-15(22)19(17(8-12)28-2)29-11-13-4-5-14(23)10-16(13)24/h4-5,7-10H,3,6,11H2,1-2H3/b18-9+. The van der Waals surface area contributed by atoms with Crippen LogP contribution in [0.5, 0.6) is 11.5 Å². The number of imide groups is 1. The van der Waals surface area contributed by atoms with Gasteiger partial charge in [0.05, 0.1) is 16.5 Å². The first-order valence-electron chi connectivity index (χ1n) is 9.03. The highest BCUT2D eigenvalue weighted by molar-refractivity contribution is 9.10. The third-order valence-electron chi connectivity index (χ3n) is 4.26. The lowest BCUT2D eigenvalue weighted by Gasteiger charge is -2.14. The molecule has 1 saturated heterocycles. The number of rotatable bonds is 7. The Morgan fingerprint density at radius 3 is 2.63 bits per heavy atom. The lowest BCUT2D eigenvalue weighted by atomic mass is 10.1. The summed E-state index contributed by atoms with van der Waals surface area (Å²) in [6.07, 6.45) is 2.39. The molecule has 0 N–H and O–H groups in total. The average molecular weight is 531 g/mol. The quantitative estimate of drug-likeness (QED) is 0.369. The molecule has 0 bridgehead atoms. The molecule has 2 aromatic carbocycles. The fourth-order valence-electron chi connectivity index (χ4n) is 2.82. The molecule has 5 nitrogen and oxygen atoms in total. The number of nitrogens with zero attached hydrogens (tertiary/aromatic N) is 1. The van der Waals surface area contributed by atoms with Crippen molar-refractivity contribution in [3.8, 4) is 11.5 Å². The van der Waals surface area contributed by atoms with Crippen molar-refractivity contribution in [3.05, 3.63) is 60.9 Å². The number of benzene rings is 2. The van der Waals surface area contributed by atoms with Gasteiger partial charge in [-0.3, -0.25) is 14.5 Å². The van der Waals surface area contributed by atoms with E-state index in [-0.39, 0.29) is 17.8 Å². The van der Waals surface area contributed by atoms with Gasteiger partial charge in [0.15, 0.2) is 11.5 Å². The van der Waals surface area contributed by atoms with Crippen LogP contribution in [0.15, 0.2) is 39.7 Å². The Bertz CT molecular complexity index is 1030. The van der Waals surface area contributed by atoms with E-state index in [1.54, 1.807) is 36.4 Å². The second-order valence-electron chi connectivity index (χ2n) is 6.39. The van der Waals surface area contributed by atoms with E-state index in [0.717, 1.165) is 17.3 Å². The van der Waals surface area contributed by atoms with E-state index in [4.69, 9.17) is 32.7 Å². The highest BCUT2D eigenvalue weighted by Gasteiger charge is 2.34. The minimum absolute atomic E-state index is 0.222. The average Bonchev–Trinajstić information content (AvgIpc) is 2.95. The SMILES string of the molecule is CCCN1C(=O)S/C(=C/c2cc(Br)c(OCc3ccc(Cl)cc3Cl)c(OC)c2)C1=O. The van der Waals surface area contributed by atoms with Gasteiger partial charge in [0.1, 0.15) is 6.61 Å². The summed E-state index contributed by atoms with van der Waals surface area (Å²) in [7, 11) is 1.53. The number of amides is 2. The molecule has 3 rings (SSSR count). The zero-order valence-electron chi connectivity index (χ0n) is 16.2. The molecule has 0 aliphatic carbocycles. The Kier molecular flexibility index (Phi) is 7.74. The van der Waals surface area contributed by atoms with Gasteiger partial charge < -0.3 is 9.47 Å². The number of ether oxygens (including phenoxy) is 2. The summed E-state index contributed by atoms with van der Waals surface area (Å²) in [5.41, 5.74) is 1.49. The Hall–Kier alpha value is -1.67. The van der Waals surface area contributed by atoms with Gasteiger partial charge in [-0.15, -0.1) is 0 Å². The van der Waals surface area contributed by atoms with Gasteiger partial charge in [-0.25, -0.2) is 0 Å². The van der Waals surface area contributed by atoms with Crippen LogP contribution in [0, 0.1) is 0 Å². The van der Waals surface area contributed by atoms with Crippen molar-refractivity contribution in [1.82, 2.24) is 4.90 Å². The molecule has 30 heavy (non-hydrogen) atoms. The number of carbonyl (C=O) groups excluding carboxylic acids is 2. The Morgan fingerprint density at radius 2 is 1.97 bits per heavy atom. The lowest BCUT2D eigenvalue weighted by molar-refractivity contribution is -0.122. The molecule has 1 aliphatic heterocycles. The predicted octanol–water partition coefficient (Wildman–Crippen LogP) is 6.79. The lowest BCUT2D eigenvalue weighted by Crippen LogP contribution is -2.28. The zero-order valence-corrected chi connectivity index (χ0v) is 20.1. The molecule has 0 saturated carbocycles. The molecular formula is C21H18BrCl2NO4S. The minimum atomic E-state index is -0.278. The number of hydrogen-bond acceptors (Lipinski definition) is 5. The summed E-state index contributed by atoms with van der Waals surface area (Å²) in [6.45, 7) is 2.56. The van der Waals surface area contributed by atoms with Gasteiger partial charge in [0.2, 0.25) is 0 Å². The molecular weight excluding hydrogens is 513 g/mol. The van der Waals surface area contributed by atoms with Crippen LogP contribution >= 0.6 is 50.9 Å². The highest BCUT2D eigenvalue weighted by Crippen LogP contribution is 2.39. The molecule has 9 heteroatoms. The van der Waals surface area contributed by atoms with E-state index < -0.39 is 0 Å². The molecule has 2 amide bonds.